The smallest absolute Gasteiger partial charge is 0.0575 e. The Bertz CT molecular complexity index is 2550. The summed E-state index contributed by atoms with van der Waals surface area (Å²) in [5.74, 6) is 0.266. The first-order valence-electron chi connectivity index (χ1n) is 20.0. The van der Waals surface area contributed by atoms with Gasteiger partial charge in [-0.05, 0) is 126 Å². The molecule has 7 aromatic carbocycles. The second-order valence-electron chi connectivity index (χ2n) is 14.9. The molecule has 3 heteroatoms. The molecule has 1 unspecified atom stereocenters. The molecule has 2 aliphatic carbocycles. The number of benzene rings is 7. The third-order valence-electron chi connectivity index (χ3n) is 11.5. The van der Waals surface area contributed by atoms with Crippen LogP contribution in [0.5, 0.6) is 0 Å². The van der Waals surface area contributed by atoms with E-state index >= 15 is 0 Å². The van der Waals surface area contributed by atoms with Crippen LogP contribution in [0.15, 0.2) is 241 Å². The molecule has 0 fully saturated rings. The highest BCUT2D eigenvalue weighted by Gasteiger charge is 2.38. The van der Waals surface area contributed by atoms with Crippen molar-refractivity contribution in [2.45, 2.75) is 25.2 Å². The van der Waals surface area contributed by atoms with E-state index < -0.39 is 0 Å². The molecule has 10 rings (SSSR count). The van der Waals surface area contributed by atoms with Gasteiger partial charge in [-0.3, -0.25) is 0 Å². The van der Waals surface area contributed by atoms with Crippen LogP contribution >= 0.6 is 0 Å². The van der Waals surface area contributed by atoms with Crippen molar-refractivity contribution in [1.29, 1.82) is 0 Å². The van der Waals surface area contributed by atoms with E-state index in [4.69, 9.17) is 0 Å². The highest BCUT2D eigenvalue weighted by molar-refractivity contribution is 5.92. The van der Waals surface area contributed by atoms with E-state index in [0.717, 1.165) is 36.3 Å². The number of allylic oxidation sites excluding steroid dienone is 8. The lowest BCUT2D eigenvalue weighted by molar-refractivity contribution is 0.768. The van der Waals surface area contributed by atoms with Gasteiger partial charge in [0.05, 0.1) is 5.69 Å². The van der Waals surface area contributed by atoms with Crippen molar-refractivity contribution in [3.8, 4) is 11.1 Å². The number of anilines is 7. The molecule has 0 saturated carbocycles. The predicted octanol–water partition coefficient (Wildman–Crippen LogP) is 14.7. The second kappa shape index (κ2) is 15.2. The van der Waals surface area contributed by atoms with Gasteiger partial charge in [0.2, 0.25) is 0 Å². The second-order valence-corrected chi connectivity index (χ2v) is 14.9. The Kier molecular flexibility index (Phi) is 9.18. The Balaban J connectivity index is 0.996. The molecule has 3 nitrogen and oxygen atoms in total. The lowest BCUT2D eigenvalue weighted by Gasteiger charge is -2.31. The summed E-state index contributed by atoms with van der Waals surface area (Å²) in [6.07, 6.45) is 12.5. The summed E-state index contributed by atoms with van der Waals surface area (Å²) in [5.41, 5.74) is 17.6. The number of rotatable bonds is 9. The molecule has 1 aliphatic heterocycles. The van der Waals surface area contributed by atoms with E-state index in [0.29, 0.717) is 0 Å². The molecule has 3 aliphatic rings. The van der Waals surface area contributed by atoms with Gasteiger partial charge in [0.15, 0.2) is 0 Å². The highest BCUT2D eigenvalue weighted by atomic mass is 15.2. The van der Waals surface area contributed by atoms with Gasteiger partial charge < -0.3 is 14.7 Å². The number of nitrogens with zero attached hydrogens (tertiary/aromatic N) is 3. The Morgan fingerprint density at radius 1 is 0.404 bits per heavy atom. The van der Waals surface area contributed by atoms with Crippen LogP contribution in [-0.4, -0.2) is 0 Å². The quantitative estimate of drug-likeness (QED) is 0.146. The van der Waals surface area contributed by atoms with E-state index in [-0.39, 0.29) is 5.92 Å². The summed E-state index contributed by atoms with van der Waals surface area (Å²) in [7, 11) is 0. The number of hydrogen-bond donors (Lipinski definition) is 0. The maximum Gasteiger partial charge on any atom is 0.0575 e. The van der Waals surface area contributed by atoms with Crippen molar-refractivity contribution in [1.82, 2.24) is 0 Å². The fourth-order valence-corrected chi connectivity index (χ4v) is 8.85. The molecule has 1 atom stereocenters. The van der Waals surface area contributed by atoms with Crippen LogP contribution in [-0.2, 0) is 0 Å². The van der Waals surface area contributed by atoms with Crippen LogP contribution in [0.2, 0.25) is 0 Å². The monoisotopic (exact) mass is 733 g/mol. The maximum atomic E-state index is 2.52. The van der Waals surface area contributed by atoms with Gasteiger partial charge >= 0.3 is 0 Å². The Labute approximate surface area is 336 Å². The van der Waals surface area contributed by atoms with E-state index in [9.17, 15) is 0 Å². The van der Waals surface area contributed by atoms with Crippen LogP contribution in [0.1, 0.15) is 30.7 Å². The van der Waals surface area contributed by atoms with Crippen LogP contribution in [0, 0.1) is 0 Å². The molecule has 57 heavy (non-hydrogen) atoms. The summed E-state index contributed by atoms with van der Waals surface area (Å²) >= 11 is 0. The first-order chi connectivity index (χ1) is 28.3. The molecule has 0 bridgehead atoms. The van der Waals surface area contributed by atoms with E-state index in [1.165, 1.54) is 62.0 Å². The average Bonchev–Trinajstić information content (AvgIpc) is 3.63. The minimum Gasteiger partial charge on any atom is -0.314 e. The zero-order chi connectivity index (χ0) is 38.0. The molecular weight excluding hydrogens is 691 g/mol. The molecule has 0 spiro atoms. The van der Waals surface area contributed by atoms with E-state index in [1.807, 2.05) is 0 Å². The van der Waals surface area contributed by atoms with Crippen molar-refractivity contribution in [2.75, 3.05) is 14.7 Å². The lowest BCUT2D eigenvalue weighted by Crippen LogP contribution is -2.19. The maximum absolute atomic E-state index is 2.52. The summed E-state index contributed by atoms with van der Waals surface area (Å²) in [4.78, 5) is 7.24. The van der Waals surface area contributed by atoms with Crippen molar-refractivity contribution in [3.05, 3.63) is 247 Å². The van der Waals surface area contributed by atoms with Crippen LogP contribution in [0.25, 0.3) is 11.1 Å². The minimum atomic E-state index is 0.266. The molecule has 7 aromatic rings. The molecule has 0 N–H and O–H groups in total. The lowest BCUT2D eigenvalue weighted by atomic mass is 9.82. The van der Waals surface area contributed by atoms with Gasteiger partial charge in [-0.2, -0.15) is 0 Å². The summed E-state index contributed by atoms with van der Waals surface area (Å²) in [6.45, 7) is 0. The van der Waals surface area contributed by atoms with Crippen LogP contribution < -0.4 is 14.7 Å². The van der Waals surface area contributed by atoms with Crippen molar-refractivity contribution >= 4 is 39.8 Å². The zero-order valence-corrected chi connectivity index (χ0v) is 31.8. The normalized spacial score (nSPS) is 15.7. The molecule has 0 radical (unpaired) electrons. The fraction of sp³-hybridized carbons (Fsp3) is 0.0741. The molecule has 0 aromatic heterocycles. The van der Waals surface area contributed by atoms with Crippen LogP contribution in [0.4, 0.5) is 39.8 Å². The molecule has 274 valence electrons. The SMILES string of the molecule is C1=C(C2=CC=C3C(C2)c2cccc(-c4ccc(N(c5ccccc5)c5ccccc5)cc4)c2N3c2ccccc2)CCC(N(c2ccccc2)c2ccccc2)=C1. The summed E-state index contributed by atoms with van der Waals surface area (Å²) in [6, 6.07) is 69.6. The Morgan fingerprint density at radius 3 is 1.46 bits per heavy atom. The van der Waals surface area contributed by atoms with Gasteiger partial charge in [0, 0.05) is 57.0 Å². The molecule has 0 saturated heterocycles. The van der Waals surface area contributed by atoms with Crippen molar-refractivity contribution in [3.63, 3.8) is 0 Å². The predicted molar refractivity (Wildman–Crippen MR) is 239 cm³/mol. The van der Waals surface area contributed by atoms with Gasteiger partial charge in [0.25, 0.3) is 0 Å². The van der Waals surface area contributed by atoms with Gasteiger partial charge in [0.1, 0.15) is 0 Å². The summed E-state index contributed by atoms with van der Waals surface area (Å²) in [5, 5.41) is 0. The Hall–Kier alpha value is -7.10. The first kappa shape index (κ1) is 34.4. The minimum absolute atomic E-state index is 0.266. The summed E-state index contributed by atoms with van der Waals surface area (Å²) < 4.78 is 0. The van der Waals surface area contributed by atoms with Crippen molar-refractivity contribution < 1.29 is 0 Å². The van der Waals surface area contributed by atoms with Gasteiger partial charge in [-0.15, -0.1) is 0 Å². The third-order valence-corrected chi connectivity index (χ3v) is 11.5. The molecule has 0 amide bonds. The van der Waals surface area contributed by atoms with E-state index in [2.05, 4.69) is 233 Å². The molecule has 1 heterocycles. The van der Waals surface area contributed by atoms with Gasteiger partial charge in [-0.1, -0.05) is 133 Å². The standard InChI is InChI=1S/C54H43N3/c1-6-17-43(18-7-1)55(44-19-8-2-9-20-44)48-34-29-40(30-35-48)42-33-38-53-52(39-42)51-28-16-27-50(54(51)57(53)47-25-14-5-15-26-47)41-31-36-49(37-32-41)56(45-21-10-3-11-22-45)46-23-12-4-13-24-46/h1-29,31-34,36-38,52H,30,35,39H2. The first-order valence-corrected chi connectivity index (χ1v) is 20.0. The number of hydrogen-bond acceptors (Lipinski definition) is 3. The third kappa shape index (κ3) is 6.58. The van der Waals surface area contributed by atoms with E-state index in [1.54, 1.807) is 0 Å². The molecular formula is C54H43N3. The number of para-hydroxylation sites is 6. The topological polar surface area (TPSA) is 9.72 Å². The number of fused-ring (bicyclic) bond motifs is 3. The highest BCUT2D eigenvalue weighted by Crippen LogP contribution is 2.56. The van der Waals surface area contributed by atoms with Crippen molar-refractivity contribution in [2.24, 2.45) is 0 Å². The van der Waals surface area contributed by atoms with Gasteiger partial charge in [-0.25, -0.2) is 0 Å². The van der Waals surface area contributed by atoms with Crippen LogP contribution in [0.3, 0.4) is 0 Å². The zero-order valence-electron chi connectivity index (χ0n) is 31.8. The largest absolute Gasteiger partial charge is 0.314 e. The Morgan fingerprint density at radius 2 is 0.912 bits per heavy atom. The average molecular weight is 734 g/mol. The fourth-order valence-electron chi connectivity index (χ4n) is 8.85.